The van der Waals surface area contributed by atoms with Crippen LogP contribution >= 0.6 is 0 Å². The summed E-state index contributed by atoms with van der Waals surface area (Å²) in [6, 6.07) is 0. The smallest absolute Gasteiger partial charge is 0.0563 e. The highest BCUT2D eigenvalue weighted by molar-refractivity contribution is 5.30. The van der Waals surface area contributed by atoms with E-state index >= 15 is 0 Å². The fourth-order valence-corrected chi connectivity index (χ4v) is 7.98. The summed E-state index contributed by atoms with van der Waals surface area (Å²) in [5.74, 6) is 2.84. The van der Waals surface area contributed by atoms with Gasteiger partial charge in [0.1, 0.15) is 0 Å². The topological polar surface area (TPSA) is 20.2 Å². The SMILES string of the molecule is C=C1CCC(C)CC1(C)C.CCCC1=C(C)CCC2(C)C(C(C)CCC(O)C(C)C)CCC12C. The van der Waals surface area contributed by atoms with E-state index in [0.717, 1.165) is 24.2 Å². The molecule has 0 aliphatic heterocycles. The van der Waals surface area contributed by atoms with Crippen LogP contribution in [-0.4, -0.2) is 11.2 Å². The Morgan fingerprint density at radius 3 is 2.18 bits per heavy atom. The molecule has 3 aliphatic rings. The first kappa shape index (κ1) is 29.7. The Morgan fingerprint density at radius 2 is 1.65 bits per heavy atom. The summed E-state index contributed by atoms with van der Waals surface area (Å²) in [5, 5.41) is 10.2. The quantitative estimate of drug-likeness (QED) is 0.365. The molecule has 3 rings (SSSR count). The van der Waals surface area contributed by atoms with Gasteiger partial charge >= 0.3 is 0 Å². The van der Waals surface area contributed by atoms with Crippen LogP contribution in [0.25, 0.3) is 0 Å². The monoisotopic (exact) mass is 472 g/mol. The van der Waals surface area contributed by atoms with E-state index in [1.807, 2.05) is 0 Å². The molecule has 0 saturated heterocycles. The number of hydrogen-bond acceptors (Lipinski definition) is 1. The summed E-state index contributed by atoms with van der Waals surface area (Å²) in [7, 11) is 0. The zero-order chi connectivity index (χ0) is 25.9. The van der Waals surface area contributed by atoms with Gasteiger partial charge in [0.2, 0.25) is 0 Å². The fourth-order valence-electron chi connectivity index (χ4n) is 7.98. The van der Waals surface area contributed by atoms with Crippen molar-refractivity contribution in [2.45, 2.75) is 146 Å². The van der Waals surface area contributed by atoms with E-state index in [2.05, 4.69) is 75.8 Å². The highest BCUT2D eigenvalue weighted by Gasteiger charge is 2.58. The third-order valence-electron chi connectivity index (χ3n) is 10.9. The fraction of sp³-hybridized carbons (Fsp3) is 0.879. The number of fused-ring (bicyclic) bond motifs is 1. The van der Waals surface area contributed by atoms with Crippen LogP contribution in [0.3, 0.4) is 0 Å². The van der Waals surface area contributed by atoms with Crippen LogP contribution in [0.1, 0.15) is 140 Å². The lowest BCUT2D eigenvalue weighted by molar-refractivity contribution is 0.0360. The van der Waals surface area contributed by atoms with Crippen molar-refractivity contribution in [1.29, 1.82) is 0 Å². The van der Waals surface area contributed by atoms with E-state index < -0.39 is 0 Å². The second-order valence-electron chi connectivity index (χ2n) is 14.1. The van der Waals surface area contributed by atoms with Gasteiger partial charge in [-0.05, 0) is 111 Å². The molecule has 0 spiro atoms. The highest BCUT2D eigenvalue weighted by Crippen LogP contribution is 2.67. The van der Waals surface area contributed by atoms with Crippen molar-refractivity contribution in [3.63, 3.8) is 0 Å². The first-order valence-electron chi connectivity index (χ1n) is 14.7. The molecule has 34 heavy (non-hydrogen) atoms. The lowest BCUT2D eigenvalue weighted by Gasteiger charge is -2.52. The molecule has 3 aliphatic carbocycles. The van der Waals surface area contributed by atoms with E-state index in [9.17, 15) is 5.11 Å². The molecule has 1 nitrogen and oxygen atoms in total. The van der Waals surface area contributed by atoms with Gasteiger partial charge in [-0.2, -0.15) is 0 Å². The van der Waals surface area contributed by atoms with Gasteiger partial charge in [0.05, 0.1) is 6.10 Å². The van der Waals surface area contributed by atoms with Gasteiger partial charge in [0.25, 0.3) is 0 Å². The Bertz CT molecular complexity index is 712. The first-order chi connectivity index (χ1) is 15.7. The standard InChI is InChI=1S/C23H42O.C10H18/c1-8-9-19-18(5)12-14-22(6)20(13-15-23(19,22)7)17(4)10-11-21(24)16(2)3;1-8-5-6-9(2)10(3,4)7-8/h16-17,20-21,24H,8-15H2,1-7H3;8H,2,5-7H2,1,3-4H3. The zero-order valence-electron chi connectivity index (χ0n) is 24.8. The lowest BCUT2D eigenvalue weighted by atomic mass is 9.53. The molecule has 6 atom stereocenters. The molecule has 2 saturated carbocycles. The van der Waals surface area contributed by atoms with Crippen molar-refractivity contribution < 1.29 is 5.11 Å². The summed E-state index contributed by atoms with van der Waals surface area (Å²) in [6.45, 7) is 27.7. The molecule has 0 radical (unpaired) electrons. The van der Waals surface area contributed by atoms with E-state index in [1.165, 1.54) is 69.8 Å². The van der Waals surface area contributed by atoms with Gasteiger partial charge in [0, 0.05) is 0 Å². The molecule has 6 unspecified atom stereocenters. The molecule has 0 aromatic heterocycles. The van der Waals surface area contributed by atoms with E-state index in [-0.39, 0.29) is 6.10 Å². The summed E-state index contributed by atoms with van der Waals surface area (Å²) < 4.78 is 0. The van der Waals surface area contributed by atoms with Crippen LogP contribution in [-0.2, 0) is 0 Å². The van der Waals surface area contributed by atoms with Crippen molar-refractivity contribution in [2.24, 2.45) is 39.9 Å². The second-order valence-corrected chi connectivity index (χ2v) is 14.1. The van der Waals surface area contributed by atoms with Gasteiger partial charge in [0.15, 0.2) is 0 Å². The summed E-state index contributed by atoms with van der Waals surface area (Å²) >= 11 is 0. The molecule has 1 N–H and O–H groups in total. The second kappa shape index (κ2) is 11.7. The average molecular weight is 473 g/mol. The van der Waals surface area contributed by atoms with Gasteiger partial charge < -0.3 is 5.11 Å². The van der Waals surface area contributed by atoms with Gasteiger partial charge in [-0.15, -0.1) is 0 Å². The highest BCUT2D eigenvalue weighted by atomic mass is 16.3. The van der Waals surface area contributed by atoms with Crippen LogP contribution in [0, 0.1) is 39.9 Å². The van der Waals surface area contributed by atoms with Crippen molar-refractivity contribution in [3.8, 4) is 0 Å². The maximum Gasteiger partial charge on any atom is 0.0563 e. The molecule has 1 heteroatoms. The minimum atomic E-state index is -0.128. The molecular weight excluding hydrogens is 412 g/mol. The molecule has 2 fully saturated rings. The maximum absolute atomic E-state index is 10.2. The first-order valence-corrected chi connectivity index (χ1v) is 14.7. The number of allylic oxidation sites excluding steroid dienone is 3. The number of hydrogen-bond donors (Lipinski definition) is 1. The summed E-state index contributed by atoms with van der Waals surface area (Å²) in [5.41, 5.74) is 6.24. The Labute approximate surface area is 214 Å². The molecule has 0 aromatic rings. The van der Waals surface area contributed by atoms with Crippen molar-refractivity contribution in [3.05, 3.63) is 23.3 Å². The largest absolute Gasteiger partial charge is 0.393 e. The van der Waals surface area contributed by atoms with Crippen LogP contribution in [0.15, 0.2) is 23.3 Å². The average Bonchev–Trinajstić information content (AvgIpc) is 3.03. The van der Waals surface area contributed by atoms with Crippen LogP contribution in [0.2, 0.25) is 0 Å². The minimum absolute atomic E-state index is 0.128. The summed E-state index contributed by atoms with van der Waals surface area (Å²) in [6.07, 6.45) is 13.9. The molecular formula is C33H60O. The Hall–Kier alpha value is -0.560. The molecule has 0 aromatic carbocycles. The lowest BCUT2D eigenvalue weighted by Crippen LogP contribution is -2.43. The molecule has 0 amide bonds. The Morgan fingerprint density at radius 1 is 1.00 bits per heavy atom. The Kier molecular flexibility index (Phi) is 10.2. The number of rotatable bonds is 7. The number of aliphatic hydroxyl groups is 1. The third-order valence-corrected chi connectivity index (χ3v) is 10.9. The summed E-state index contributed by atoms with van der Waals surface area (Å²) in [4.78, 5) is 0. The van der Waals surface area contributed by atoms with Gasteiger partial charge in [-0.3, -0.25) is 0 Å². The molecule has 0 heterocycles. The minimum Gasteiger partial charge on any atom is -0.393 e. The van der Waals surface area contributed by atoms with Gasteiger partial charge in [-0.1, -0.05) is 92.0 Å². The predicted octanol–water partition coefficient (Wildman–Crippen LogP) is 10.1. The Balaban J connectivity index is 0.000000340. The van der Waals surface area contributed by atoms with E-state index in [0.29, 0.717) is 22.2 Å². The van der Waals surface area contributed by atoms with E-state index in [1.54, 1.807) is 11.1 Å². The van der Waals surface area contributed by atoms with Crippen LogP contribution < -0.4 is 0 Å². The van der Waals surface area contributed by atoms with Crippen molar-refractivity contribution in [1.82, 2.24) is 0 Å². The molecule has 198 valence electrons. The third kappa shape index (κ3) is 6.22. The van der Waals surface area contributed by atoms with Crippen LogP contribution in [0.4, 0.5) is 0 Å². The van der Waals surface area contributed by atoms with Crippen LogP contribution in [0.5, 0.6) is 0 Å². The molecule has 0 bridgehead atoms. The number of aliphatic hydroxyl groups excluding tert-OH is 1. The van der Waals surface area contributed by atoms with E-state index in [4.69, 9.17) is 0 Å². The zero-order valence-corrected chi connectivity index (χ0v) is 24.8. The maximum atomic E-state index is 10.2. The normalized spacial score (nSPS) is 35.0. The predicted molar refractivity (Wildman–Crippen MR) is 151 cm³/mol. The van der Waals surface area contributed by atoms with Crippen molar-refractivity contribution in [2.75, 3.05) is 0 Å². The van der Waals surface area contributed by atoms with Gasteiger partial charge in [-0.25, -0.2) is 0 Å². The van der Waals surface area contributed by atoms with Crippen molar-refractivity contribution >= 4 is 0 Å².